The van der Waals surface area contributed by atoms with Crippen LogP contribution < -0.4 is 10.6 Å². The van der Waals surface area contributed by atoms with Crippen molar-refractivity contribution in [3.8, 4) is 0 Å². The fraction of sp³-hybridized carbons (Fsp3) is 0.900. The Balaban J connectivity index is 0.00000196. The minimum Gasteiger partial charge on any atom is -0.383 e. The van der Waals surface area contributed by atoms with Gasteiger partial charge < -0.3 is 15.4 Å². The Morgan fingerprint density at radius 1 is 1.67 bits per heavy atom. The Hall–Kier alpha value is -0.320. The van der Waals surface area contributed by atoms with Crippen molar-refractivity contribution in [1.29, 1.82) is 0 Å². The molecule has 0 saturated carbocycles. The van der Waals surface area contributed by atoms with Crippen molar-refractivity contribution in [2.45, 2.75) is 25.8 Å². The highest BCUT2D eigenvalue weighted by molar-refractivity contribution is 5.85. The summed E-state index contributed by atoms with van der Waals surface area (Å²) < 4.78 is 5.03. The van der Waals surface area contributed by atoms with Gasteiger partial charge in [0.1, 0.15) is 0 Å². The number of carbonyl (C=O) groups is 1. The molecule has 15 heavy (non-hydrogen) atoms. The van der Waals surface area contributed by atoms with Gasteiger partial charge in [-0.2, -0.15) is 0 Å². The highest BCUT2D eigenvalue weighted by Gasteiger charge is 2.23. The van der Waals surface area contributed by atoms with Gasteiger partial charge >= 0.3 is 0 Å². The molecule has 4 nitrogen and oxygen atoms in total. The molecule has 2 unspecified atom stereocenters. The van der Waals surface area contributed by atoms with Crippen LogP contribution in [0, 0.1) is 5.92 Å². The van der Waals surface area contributed by atoms with E-state index in [4.69, 9.17) is 4.74 Å². The van der Waals surface area contributed by atoms with Crippen molar-refractivity contribution in [2.24, 2.45) is 5.92 Å². The largest absolute Gasteiger partial charge is 0.383 e. The van der Waals surface area contributed by atoms with E-state index in [0.29, 0.717) is 6.61 Å². The van der Waals surface area contributed by atoms with Crippen molar-refractivity contribution in [2.75, 3.05) is 26.8 Å². The normalized spacial score (nSPS) is 21.9. The predicted molar refractivity (Wildman–Crippen MR) is 62.3 cm³/mol. The topological polar surface area (TPSA) is 50.4 Å². The molecular formula is C10H21ClN2O2. The molecule has 0 aromatic carbocycles. The molecule has 0 aromatic heterocycles. The number of ether oxygens (including phenoxy) is 1. The molecule has 1 saturated heterocycles. The maximum Gasteiger partial charge on any atom is 0.224 e. The summed E-state index contributed by atoms with van der Waals surface area (Å²) in [5.41, 5.74) is 0. The highest BCUT2D eigenvalue weighted by atomic mass is 35.5. The first-order valence-corrected chi connectivity index (χ1v) is 5.28. The highest BCUT2D eigenvalue weighted by Crippen LogP contribution is 2.07. The van der Waals surface area contributed by atoms with Crippen LogP contribution in [0.25, 0.3) is 0 Å². The summed E-state index contributed by atoms with van der Waals surface area (Å²) in [5, 5.41) is 6.19. The zero-order valence-electron chi connectivity index (χ0n) is 9.41. The van der Waals surface area contributed by atoms with E-state index in [1.165, 1.54) is 0 Å². The summed E-state index contributed by atoms with van der Waals surface area (Å²) in [6, 6.07) is 0.160. The standard InChI is InChI=1S/C10H20N2O2.ClH/c1-3-9(7-14-2)12-10(13)8-4-5-11-6-8;/h8-9,11H,3-7H2,1-2H3,(H,12,13);1H. The molecule has 1 fully saturated rings. The summed E-state index contributed by atoms with van der Waals surface area (Å²) in [4.78, 5) is 11.7. The lowest BCUT2D eigenvalue weighted by Crippen LogP contribution is -2.41. The molecule has 0 bridgehead atoms. The average Bonchev–Trinajstić information content (AvgIpc) is 2.69. The van der Waals surface area contributed by atoms with E-state index in [2.05, 4.69) is 17.6 Å². The van der Waals surface area contributed by atoms with Crippen LogP contribution >= 0.6 is 12.4 Å². The second-order valence-corrected chi connectivity index (χ2v) is 3.76. The maximum absolute atomic E-state index is 11.7. The molecule has 0 spiro atoms. The number of methoxy groups -OCH3 is 1. The monoisotopic (exact) mass is 236 g/mol. The Bertz CT molecular complexity index is 184. The minimum atomic E-state index is 0. The fourth-order valence-corrected chi connectivity index (χ4v) is 1.66. The first kappa shape index (κ1) is 14.7. The van der Waals surface area contributed by atoms with Crippen LogP contribution in [0.4, 0.5) is 0 Å². The van der Waals surface area contributed by atoms with Gasteiger partial charge in [-0.25, -0.2) is 0 Å². The van der Waals surface area contributed by atoms with Crippen LogP contribution in [0.15, 0.2) is 0 Å². The van der Waals surface area contributed by atoms with Crippen LogP contribution in [-0.2, 0) is 9.53 Å². The number of halogens is 1. The molecule has 1 aliphatic heterocycles. The molecule has 0 aliphatic carbocycles. The number of amides is 1. The lowest BCUT2D eigenvalue weighted by molar-refractivity contribution is -0.125. The molecule has 2 N–H and O–H groups in total. The van der Waals surface area contributed by atoms with E-state index in [1.807, 2.05) is 0 Å². The number of rotatable bonds is 5. The summed E-state index contributed by atoms with van der Waals surface area (Å²) in [5.74, 6) is 0.319. The molecule has 2 atom stereocenters. The molecule has 1 rings (SSSR count). The summed E-state index contributed by atoms with van der Waals surface area (Å²) in [7, 11) is 1.66. The van der Waals surface area contributed by atoms with E-state index >= 15 is 0 Å². The van der Waals surface area contributed by atoms with Gasteiger partial charge in [-0.15, -0.1) is 12.4 Å². The van der Waals surface area contributed by atoms with Gasteiger partial charge in [-0.1, -0.05) is 6.92 Å². The zero-order chi connectivity index (χ0) is 10.4. The van der Waals surface area contributed by atoms with Gasteiger partial charge in [-0.05, 0) is 19.4 Å². The zero-order valence-corrected chi connectivity index (χ0v) is 10.2. The van der Waals surface area contributed by atoms with Crippen molar-refractivity contribution in [3.05, 3.63) is 0 Å². The predicted octanol–water partition coefficient (Wildman–Crippen LogP) is 0.559. The Kier molecular flexibility index (Phi) is 7.74. The van der Waals surface area contributed by atoms with E-state index in [-0.39, 0.29) is 30.3 Å². The SMILES string of the molecule is CCC(COC)NC(=O)C1CCNC1.Cl. The van der Waals surface area contributed by atoms with Gasteiger partial charge in [0.2, 0.25) is 5.91 Å². The first-order chi connectivity index (χ1) is 6.77. The minimum absolute atomic E-state index is 0. The van der Waals surface area contributed by atoms with Gasteiger partial charge in [0.15, 0.2) is 0 Å². The van der Waals surface area contributed by atoms with Gasteiger partial charge in [0.25, 0.3) is 0 Å². The lowest BCUT2D eigenvalue weighted by atomic mass is 10.1. The van der Waals surface area contributed by atoms with Crippen LogP contribution in [0.2, 0.25) is 0 Å². The molecule has 90 valence electrons. The molecular weight excluding hydrogens is 216 g/mol. The van der Waals surface area contributed by atoms with Gasteiger partial charge in [0, 0.05) is 13.7 Å². The third-order valence-corrected chi connectivity index (χ3v) is 2.64. The Morgan fingerprint density at radius 2 is 2.40 bits per heavy atom. The number of hydrogen-bond acceptors (Lipinski definition) is 3. The van der Waals surface area contributed by atoms with E-state index in [0.717, 1.165) is 25.9 Å². The number of hydrogen-bond donors (Lipinski definition) is 2. The third kappa shape index (κ3) is 4.82. The quantitative estimate of drug-likeness (QED) is 0.734. The maximum atomic E-state index is 11.7. The van der Waals surface area contributed by atoms with Crippen molar-refractivity contribution in [1.82, 2.24) is 10.6 Å². The second kappa shape index (κ2) is 7.91. The van der Waals surface area contributed by atoms with Crippen LogP contribution in [0.5, 0.6) is 0 Å². The van der Waals surface area contributed by atoms with Crippen LogP contribution in [0.1, 0.15) is 19.8 Å². The van der Waals surface area contributed by atoms with Crippen LogP contribution in [-0.4, -0.2) is 38.8 Å². The van der Waals surface area contributed by atoms with E-state index < -0.39 is 0 Å². The smallest absolute Gasteiger partial charge is 0.224 e. The first-order valence-electron chi connectivity index (χ1n) is 5.28. The molecule has 1 heterocycles. The van der Waals surface area contributed by atoms with E-state index in [9.17, 15) is 4.79 Å². The van der Waals surface area contributed by atoms with Crippen molar-refractivity contribution in [3.63, 3.8) is 0 Å². The van der Waals surface area contributed by atoms with Gasteiger partial charge in [0.05, 0.1) is 18.6 Å². The lowest BCUT2D eigenvalue weighted by Gasteiger charge is -2.18. The van der Waals surface area contributed by atoms with Crippen molar-refractivity contribution < 1.29 is 9.53 Å². The Labute approximate surface area is 97.5 Å². The van der Waals surface area contributed by atoms with Gasteiger partial charge in [-0.3, -0.25) is 4.79 Å². The van der Waals surface area contributed by atoms with Crippen LogP contribution in [0.3, 0.4) is 0 Å². The number of carbonyl (C=O) groups excluding carboxylic acids is 1. The summed E-state index contributed by atoms with van der Waals surface area (Å²) in [6.07, 6.45) is 1.87. The number of nitrogens with one attached hydrogen (secondary N) is 2. The molecule has 1 aliphatic rings. The molecule has 0 aromatic rings. The second-order valence-electron chi connectivity index (χ2n) is 3.76. The fourth-order valence-electron chi connectivity index (χ4n) is 1.66. The molecule has 0 radical (unpaired) electrons. The average molecular weight is 237 g/mol. The Morgan fingerprint density at radius 3 is 2.87 bits per heavy atom. The molecule has 1 amide bonds. The van der Waals surface area contributed by atoms with Crippen molar-refractivity contribution >= 4 is 18.3 Å². The molecule has 5 heteroatoms. The van der Waals surface area contributed by atoms with E-state index in [1.54, 1.807) is 7.11 Å². The summed E-state index contributed by atoms with van der Waals surface area (Å²) in [6.45, 7) is 4.42. The summed E-state index contributed by atoms with van der Waals surface area (Å²) >= 11 is 0. The third-order valence-electron chi connectivity index (χ3n) is 2.64.